The summed E-state index contributed by atoms with van der Waals surface area (Å²) in [6.45, 7) is 3.73. The molecule has 0 spiro atoms. The lowest BCUT2D eigenvalue weighted by Crippen LogP contribution is -2.65. The van der Waals surface area contributed by atoms with Crippen molar-refractivity contribution in [1.29, 1.82) is 0 Å². The van der Waals surface area contributed by atoms with E-state index in [1.807, 2.05) is 38.1 Å². The van der Waals surface area contributed by atoms with Crippen LogP contribution in [0.5, 0.6) is 0 Å². The van der Waals surface area contributed by atoms with Crippen molar-refractivity contribution in [2.75, 3.05) is 10.6 Å². The SMILES string of the molecule is CC1(CCC2(C)Nc3ccccc3C(=O)N2N)Nc2ccccc2C(=O)N1N. The first kappa shape index (κ1) is 18.3. The average molecular weight is 380 g/mol. The maximum absolute atomic E-state index is 12.7. The first-order chi connectivity index (χ1) is 13.3. The third kappa shape index (κ3) is 2.69. The van der Waals surface area contributed by atoms with Crippen molar-refractivity contribution in [3.8, 4) is 0 Å². The van der Waals surface area contributed by atoms with Crippen LogP contribution in [-0.2, 0) is 0 Å². The Bertz CT molecular complexity index is 886. The number of nitrogens with one attached hydrogen (secondary N) is 2. The monoisotopic (exact) mass is 380 g/mol. The minimum absolute atomic E-state index is 0.246. The van der Waals surface area contributed by atoms with Crippen molar-refractivity contribution in [1.82, 2.24) is 10.0 Å². The molecule has 2 amide bonds. The number of carbonyl (C=O) groups excluding carboxylic acids is 2. The van der Waals surface area contributed by atoms with Gasteiger partial charge in [-0.1, -0.05) is 24.3 Å². The number of amides is 2. The number of nitrogens with zero attached hydrogens (tertiary/aromatic N) is 2. The van der Waals surface area contributed by atoms with Gasteiger partial charge in [0.05, 0.1) is 11.1 Å². The van der Waals surface area contributed by atoms with Crippen molar-refractivity contribution < 1.29 is 9.59 Å². The highest BCUT2D eigenvalue weighted by Gasteiger charge is 2.44. The second kappa shape index (κ2) is 6.22. The van der Waals surface area contributed by atoms with Crippen LogP contribution < -0.4 is 22.3 Å². The van der Waals surface area contributed by atoms with Gasteiger partial charge in [-0.05, 0) is 51.0 Å². The van der Waals surface area contributed by atoms with Crippen LogP contribution in [0.15, 0.2) is 48.5 Å². The van der Waals surface area contributed by atoms with Crippen LogP contribution in [0.3, 0.4) is 0 Å². The molecule has 0 saturated carbocycles. The van der Waals surface area contributed by atoms with Gasteiger partial charge in [-0.15, -0.1) is 0 Å². The van der Waals surface area contributed by atoms with E-state index in [1.54, 1.807) is 24.3 Å². The van der Waals surface area contributed by atoms with E-state index >= 15 is 0 Å². The molecule has 2 atom stereocenters. The lowest BCUT2D eigenvalue weighted by molar-refractivity contribution is 0.0376. The quantitative estimate of drug-likeness (QED) is 0.478. The zero-order valence-electron chi connectivity index (χ0n) is 15.9. The van der Waals surface area contributed by atoms with Gasteiger partial charge in [0.1, 0.15) is 11.3 Å². The summed E-state index contributed by atoms with van der Waals surface area (Å²) in [5, 5.41) is 9.17. The zero-order valence-corrected chi connectivity index (χ0v) is 15.9. The van der Waals surface area contributed by atoms with E-state index in [2.05, 4.69) is 10.6 Å². The fourth-order valence-electron chi connectivity index (χ4n) is 3.82. The van der Waals surface area contributed by atoms with Crippen molar-refractivity contribution in [3.63, 3.8) is 0 Å². The number of benzene rings is 2. The average Bonchev–Trinajstić information content (AvgIpc) is 2.69. The van der Waals surface area contributed by atoms with Crippen molar-refractivity contribution in [2.24, 2.45) is 11.7 Å². The molecular formula is C20H24N6O2. The number of anilines is 2. The van der Waals surface area contributed by atoms with E-state index < -0.39 is 11.3 Å². The summed E-state index contributed by atoms with van der Waals surface area (Å²) < 4.78 is 0. The van der Waals surface area contributed by atoms with Gasteiger partial charge in [-0.25, -0.2) is 11.7 Å². The normalized spacial score (nSPS) is 26.3. The maximum Gasteiger partial charge on any atom is 0.271 e. The Labute approximate surface area is 163 Å². The van der Waals surface area contributed by atoms with Gasteiger partial charge in [0.2, 0.25) is 0 Å². The van der Waals surface area contributed by atoms with Gasteiger partial charge in [-0.2, -0.15) is 0 Å². The molecule has 0 aliphatic carbocycles. The van der Waals surface area contributed by atoms with Crippen molar-refractivity contribution in [3.05, 3.63) is 59.7 Å². The molecule has 0 saturated heterocycles. The topological polar surface area (TPSA) is 117 Å². The van der Waals surface area contributed by atoms with Gasteiger partial charge < -0.3 is 10.6 Å². The molecule has 0 aromatic heterocycles. The van der Waals surface area contributed by atoms with Crippen molar-refractivity contribution in [2.45, 2.75) is 38.0 Å². The largest absolute Gasteiger partial charge is 0.361 e. The highest BCUT2D eigenvalue weighted by molar-refractivity contribution is 6.02. The number of nitrogens with two attached hydrogens (primary N) is 2. The van der Waals surface area contributed by atoms with E-state index in [9.17, 15) is 9.59 Å². The van der Waals surface area contributed by atoms with Crippen LogP contribution in [0.2, 0.25) is 0 Å². The summed E-state index contributed by atoms with van der Waals surface area (Å²) in [4.78, 5) is 25.4. The number of hydrogen-bond acceptors (Lipinski definition) is 6. The Hall–Kier alpha value is -3.10. The van der Waals surface area contributed by atoms with E-state index in [4.69, 9.17) is 11.7 Å². The first-order valence-electron chi connectivity index (χ1n) is 9.18. The van der Waals surface area contributed by atoms with Crippen LogP contribution in [0, 0.1) is 0 Å². The third-order valence-electron chi connectivity index (χ3n) is 5.72. The fourth-order valence-corrected chi connectivity index (χ4v) is 3.82. The molecule has 2 aliphatic rings. The fraction of sp³-hybridized carbons (Fsp3) is 0.300. The minimum atomic E-state index is -0.822. The lowest BCUT2D eigenvalue weighted by atomic mass is 9.91. The molecule has 28 heavy (non-hydrogen) atoms. The molecule has 0 bridgehead atoms. The number of fused-ring (bicyclic) bond motifs is 2. The van der Waals surface area contributed by atoms with Crippen LogP contribution in [0.25, 0.3) is 0 Å². The predicted molar refractivity (Wildman–Crippen MR) is 107 cm³/mol. The molecule has 146 valence electrons. The molecule has 2 heterocycles. The van der Waals surface area contributed by atoms with Gasteiger partial charge in [0, 0.05) is 11.4 Å². The molecule has 2 aromatic carbocycles. The van der Waals surface area contributed by atoms with E-state index in [0.29, 0.717) is 24.0 Å². The molecule has 6 N–H and O–H groups in total. The van der Waals surface area contributed by atoms with Crippen LogP contribution >= 0.6 is 0 Å². The molecule has 0 radical (unpaired) electrons. The number of rotatable bonds is 3. The standard InChI is InChI=1S/C20H24N6O2/c1-19(23-15-9-5-3-7-13(15)17(27)25(19)21)11-12-20(2)24-16-10-6-4-8-14(16)18(28)26(20)22/h3-10,23-24H,11-12,21-22H2,1-2H3. The van der Waals surface area contributed by atoms with E-state index in [1.165, 1.54) is 10.0 Å². The van der Waals surface area contributed by atoms with Gasteiger partial charge >= 0.3 is 0 Å². The van der Waals surface area contributed by atoms with E-state index in [0.717, 1.165) is 11.4 Å². The van der Waals surface area contributed by atoms with Crippen molar-refractivity contribution >= 4 is 23.2 Å². The molecule has 8 heteroatoms. The molecule has 4 rings (SSSR count). The maximum atomic E-state index is 12.7. The Morgan fingerprint density at radius 3 is 1.50 bits per heavy atom. The number of hydrogen-bond donors (Lipinski definition) is 4. The number of carbonyl (C=O) groups is 2. The van der Waals surface area contributed by atoms with Gasteiger partial charge in [0.15, 0.2) is 0 Å². The lowest BCUT2D eigenvalue weighted by Gasteiger charge is -2.48. The Kier molecular flexibility index (Phi) is 4.06. The second-order valence-corrected chi connectivity index (χ2v) is 7.74. The summed E-state index contributed by atoms with van der Waals surface area (Å²) in [7, 11) is 0. The molecule has 2 aromatic rings. The summed E-state index contributed by atoms with van der Waals surface area (Å²) in [6, 6.07) is 14.5. The Morgan fingerprint density at radius 2 is 1.11 bits per heavy atom. The highest BCUT2D eigenvalue weighted by Crippen LogP contribution is 2.36. The van der Waals surface area contributed by atoms with Crippen LogP contribution in [-0.4, -0.2) is 33.2 Å². The number of hydrazine groups is 2. The molecular weight excluding hydrogens is 356 g/mol. The summed E-state index contributed by atoms with van der Waals surface area (Å²) in [6.07, 6.45) is 0.937. The smallest absolute Gasteiger partial charge is 0.271 e. The van der Waals surface area contributed by atoms with Crippen LogP contribution in [0.1, 0.15) is 47.4 Å². The summed E-state index contributed by atoms with van der Waals surface area (Å²) in [5.41, 5.74) is 0.908. The second-order valence-electron chi connectivity index (χ2n) is 7.74. The first-order valence-corrected chi connectivity index (χ1v) is 9.18. The minimum Gasteiger partial charge on any atom is -0.361 e. The molecule has 8 nitrogen and oxygen atoms in total. The summed E-state index contributed by atoms with van der Waals surface area (Å²) >= 11 is 0. The molecule has 2 aliphatic heterocycles. The van der Waals surface area contributed by atoms with Crippen LogP contribution in [0.4, 0.5) is 11.4 Å². The molecule has 0 fully saturated rings. The Balaban J connectivity index is 1.59. The van der Waals surface area contributed by atoms with Gasteiger partial charge in [-0.3, -0.25) is 19.6 Å². The molecule has 2 unspecified atom stereocenters. The summed E-state index contributed by atoms with van der Waals surface area (Å²) in [5.74, 6) is 11.8. The predicted octanol–water partition coefficient (Wildman–Crippen LogP) is 2.08. The van der Waals surface area contributed by atoms with Gasteiger partial charge in [0.25, 0.3) is 11.8 Å². The zero-order chi connectivity index (χ0) is 20.1. The van der Waals surface area contributed by atoms with E-state index in [-0.39, 0.29) is 11.8 Å². The highest BCUT2D eigenvalue weighted by atomic mass is 16.2. The third-order valence-corrected chi connectivity index (χ3v) is 5.72. The Morgan fingerprint density at radius 1 is 0.750 bits per heavy atom. The number of para-hydroxylation sites is 2.